The lowest BCUT2D eigenvalue weighted by molar-refractivity contribution is -0.142. The molecule has 4 aromatic rings. The van der Waals surface area contributed by atoms with Gasteiger partial charge in [-0.05, 0) is 89.9 Å². The fraction of sp³-hybridized carbons (Fsp3) is 0.531. The lowest BCUT2D eigenvalue weighted by atomic mass is 9.96. The number of carbonyl (C=O) groups is 12. The zero-order valence-corrected chi connectivity index (χ0v) is 59.2. The summed E-state index contributed by atoms with van der Waals surface area (Å²) >= 11 is 1.85. The molecule has 34 heteroatoms. The molecule has 0 aliphatic carbocycles. The highest BCUT2D eigenvalue weighted by atomic mass is 127. The van der Waals surface area contributed by atoms with Crippen LogP contribution in [0.3, 0.4) is 0 Å². The van der Waals surface area contributed by atoms with E-state index in [1.54, 1.807) is 34.7 Å². The average molecular weight is 1510 g/mol. The minimum absolute atomic E-state index is 0.0611. The molecule has 11 amide bonds. The number of amides is 11. The van der Waals surface area contributed by atoms with Gasteiger partial charge in [0.05, 0.1) is 28.5 Å². The highest BCUT2D eigenvalue weighted by Crippen LogP contribution is 2.28. The lowest BCUT2D eigenvalue weighted by Gasteiger charge is -2.31. The molecule has 2 aliphatic heterocycles. The third-order valence-corrected chi connectivity index (χ3v) is 19.7. The normalized spacial score (nSPS) is 21.7. The number of aromatic hydroxyl groups is 1. The number of aliphatic hydroxyl groups is 1. The van der Waals surface area contributed by atoms with Crippen LogP contribution in [0.2, 0.25) is 0 Å². The van der Waals surface area contributed by atoms with Crippen LogP contribution in [0.15, 0.2) is 73.4 Å². The number of phenolic OH excluding ortho intramolecular Hbond substituents is 1. The number of aromatic nitrogens is 4. The number of phenols is 1. The van der Waals surface area contributed by atoms with Gasteiger partial charge in [-0.2, -0.15) is 0 Å². The number of aliphatic hydroxyl groups excluding tert-OH is 1. The second-order valence-corrected chi connectivity index (χ2v) is 28.8. The number of carboxylic acids is 1. The molecule has 2 fully saturated rings. The number of H-pyrrole nitrogens is 2. The predicted octanol–water partition coefficient (Wildman–Crippen LogP) is -0.880. The first-order valence-corrected chi connectivity index (χ1v) is 35.7. The molecular formula is C64H89IN16O15S2. The Kier molecular flexibility index (Phi) is 30.6. The van der Waals surface area contributed by atoms with Crippen LogP contribution in [0.1, 0.15) is 96.3 Å². The number of imidazole rings is 2. The number of hydrogen-bond acceptors (Lipinski definition) is 19. The summed E-state index contributed by atoms with van der Waals surface area (Å²) in [6.45, 7) is 10.1. The van der Waals surface area contributed by atoms with Gasteiger partial charge in [0.15, 0.2) is 0 Å². The molecule has 0 spiro atoms. The molecule has 17 N–H and O–H groups in total. The molecule has 0 radical (unpaired) electrons. The molecule has 13 atom stereocenters. The molecule has 0 saturated carbocycles. The van der Waals surface area contributed by atoms with Gasteiger partial charge in [-0.1, -0.05) is 106 Å². The Bertz CT molecular complexity index is 3410. The van der Waals surface area contributed by atoms with Gasteiger partial charge < -0.3 is 89.1 Å². The van der Waals surface area contributed by atoms with Crippen molar-refractivity contribution in [2.75, 3.05) is 25.1 Å². The van der Waals surface area contributed by atoms with Gasteiger partial charge >= 0.3 is 5.97 Å². The van der Waals surface area contributed by atoms with Crippen molar-refractivity contribution < 1.29 is 72.9 Å². The van der Waals surface area contributed by atoms with E-state index in [0.29, 0.717) is 21.2 Å². The number of benzene rings is 2. The third kappa shape index (κ3) is 24.0. The van der Waals surface area contributed by atoms with E-state index >= 15 is 9.59 Å². The monoisotopic (exact) mass is 1510 g/mol. The van der Waals surface area contributed by atoms with E-state index in [9.17, 15) is 63.3 Å². The maximum Gasteiger partial charge on any atom is 0.305 e. The Morgan fingerprint density at radius 3 is 2.01 bits per heavy atom. The first-order chi connectivity index (χ1) is 46.5. The number of rotatable bonds is 28. The van der Waals surface area contributed by atoms with Gasteiger partial charge in [-0.3, -0.25) is 57.5 Å². The first-order valence-electron chi connectivity index (χ1n) is 32.2. The summed E-state index contributed by atoms with van der Waals surface area (Å²) in [4.78, 5) is 187. The minimum Gasteiger partial charge on any atom is -0.507 e. The number of nitrogens with zero attached hydrogens (tertiary/aromatic N) is 3. The molecule has 3 unspecified atom stereocenters. The maximum atomic E-state index is 15.4. The fourth-order valence-corrected chi connectivity index (χ4v) is 13.9. The number of aliphatic carboxylic acids is 1. The van der Waals surface area contributed by atoms with Gasteiger partial charge in [0.1, 0.15) is 72.0 Å². The van der Waals surface area contributed by atoms with Crippen molar-refractivity contribution in [3.05, 3.63) is 99.7 Å². The molecule has 0 bridgehead atoms. The van der Waals surface area contributed by atoms with Crippen LogP contribution in [0.25, 0.3) is 0 Å². The van der Waals surface area contributed by atoms with Crippen LogP contribution >= 0.6 is 44.2 Å². The fourth-order valence-electron chi connectivity index (χ4n) is 11.0. The summed E-state index contributed by atoms with van der Waals surface area (Å²) in [5, 5.41) is 58.8. The Balaban J connectivity index is 1.43. The lowest BCUT2D eigenvalue weighted by Crippen LogP contribution is -2.62. The number of hydrogen-bond donors (Lipinski definition) is 16. The molecule has 2 aromatic heterocycles. The zero-order chi connectivity index (χ0) is 71.9. The van der Waals surface area contributed by atoms with Crippen molar-refractivity contribution in [2.45, 2.75) is 172 Å². The molecule has 4 heterocycles. The van der Waals surface area contributed by atoms with Crippen molar-refractivity contribution in [1.29, 1.82) is 0 Å². The summed E-state index contributed by atoms with van der Waals surface area (Å²) in [6.07, 6.45) is 2.72. The highest BCUT2D eigenvalue weighted by molar-refractivity contribution is 14.1. The van der Waals surface area contributed by atoms with E-state index in [1.807, 2.05) is 66.8 Å². The first kappa shape index (κ1) is 78.6. The van der Waals surface area contributed by atoms with E-state index in [0.717, 1.165) is 32.1 Å². The van der Waals surface area contributed by atoms with Crippen molar-refractivity contribution in [3.8, 4) is 5.75 Å². The number of nitrogens with one attached hydrogen (secondary N) is 12. The Morgan fingerprint density at radius 2 is 1.39 bits per heavy atom. The minimum atomic E-state index is -1.93. The van der Waals surface area contributed by atoms with Gasteiger partial charge in [0.2, 0.25) is 65.0 Å². The summed E-state index contributed by atoms with van der Waals surface area (Å²) in [5.74, 6) is -13.2. The molecule has 2 saturated heterocycles. The van der Waals surface area contributed by atoms with E-state index in [-0.39, 0.29) is 74.1 Å². The highest BCUT2D eigenvalue weighted by Gasteiger charge is 2.44. The van der Waals surface area contributed by atoms with Crippen molar-refractivity contribution in [1.82, 2.24) is 78.0 Å². The Labute approximate surface area is 588 Å². The topological polar surface area (TPSA) is 472 Å². The molecule has 98 heavy (non-hydrogen) atoms. The summed E-state index contributed by atoms with van der Waals surface area (Å²) in [7, 11) is 3.39. The summed E-state index contributed by atoms with van der Waals surface area (Å²) < 4.78 is 0.348. The van der Waals surface area contributed by atoms with E-state index in [1.165, 1.54) is 43.1 Å². The van der Waals surface area contributed by atoms with E-state index in [4.69, 9.17) is 5.73 Å². The van der Waals surface area contributed by atoms with Crippen LogP contribution in [-0.2, 0) is 83.2 Å². The number of carboxylic acid groups (broad SMARTS) is 1. The zero-order valence-electron chi connectivity index (χ0n) is 55.4. The van der Waals surface area contributed by atoms with E-state index < -0.39 is 168 Å². The Hall–Kier alpha value is -8.35. The van der Waals surface area contributed by atoms with Crippen LogP contribution in [0.5, 0.6) is 5.75 Å². The smallest absolute Gasteiger partial charge is 0.305 e. The molecule has 2 aliphatic rings. The van der Waals surface area contributed by atoms with Gasteiger partial charge in [0.25, 0.3) is 0 Å². The average Bonchev–Trinajstić information content (AvgIpc) is 1.61. The van der Waals surface area contributed by atoms with Crippen LogP contribution in [0, 0.1) is 21.3 Å². The van der Waals surface area contributed by atoms with Crippen LogP contribution in [0.4, 0.5) is 0 Å². The van der Waals surface area contributed by atoms with Gasteiger partial charge in [-0.15, -0.1) is 0 Å². The number of carbonyl (C=O) groups excluding carboxylic acids is 11. The molecule has 6 rings (SSSR count). The quantitative estimate of drug-likeness (QED) is 0.0242. The summed E-state index contributed by atoms with van der Waals surface area (Å²) in [5.41, 5.74) is 7.20. The number of halogens is 1. The summed E-state index contributed by atoms with van der Waals surface area (Å²) in [6, 6.07) is -2.68. The molecule has 31 nitrogen and oxygen atoms in total. The molecule has 2 aromatic carbocycles. The number of fused-ring (bicyclic) bond motifs is 1. The van der Waals surface area contributed by atoms with Crippen molar-refractivity contribution in [3.63, 3.8) is 0 Å². The molecule has 534 valence electrons. The van der Waals surface area contributed by atoms with Gasteiger partial charge in [0, 0.05) is 68.0 Å². The SMILES string of the molecule is CCC(C)[C@H](NC(=O)[C@H](Cc1cnc[nH]1)NC(=O)C1CSSC[C@H](NC(=O)[C@H](Cc2ncc[nH]2)NC(=O)[C@H](Cc2ccccc2)NC)C(=O)N2CC(O)C[C@H]2C(=O)N[C@@H](Cc2ccc(O)c(I)c2)C(=O)N[C@@H](CC(=O)O)C(=O)N[C@@H](CC(C)C)C(=O)N1)C(=O)N[C@@H](CC(C)C)C(N)=O. The second-order valence-electron chi connectivity index (χ2n) is 25.1. The van der Waals surface area contributed by atoms with Crippen LogP contribution in [-0.4, -0.2) is 209 Å². The number of aromatic amines is 2. The second kappa shape index (κ2) is 38.1. The molecular weight excluding hydrogens is 1420 g/mol. The largest absolute Gasteiger partial charge is 0.507 e. The number of primary amides is 1. The number of likely N-dealkylation sites (N-methyl/N-ethyl adjacent to an activating group) is 1. The van der Waals surface area contributed by atoms with Crippen molar-refractivity contribution in [2.24, 2.45) is 23.5 Å². The maximum absolute atomic E-state index is 15.4. The van der Waals surface area contributed by atoms with E-state index in [2.05, 4.69) is 73.1 Å². The van der Waals surface area contributed by atoms with Crippen molar-refractivity contribution >= 4 is 115 Å². The number of nitrogens with two attached hydrogens (primary N) is 1. The third-order valence-electron chi connectivity index (χ3n) is 16.4. The van der Waals surface area contributed by atoms with Gasteiger partial charge in [-0.25, -0.2) is 9.97 Å². The standard InChI is InChI=1S/C64H89IN16O15S2/c1-8-34(6)53(63(95)72-40(54(66)86)18-32(2)3)80-60(92)44(23-37-27-68-31-71-37)74-61(93)47-29-97-98-30-48(79-58(90)45(25-51-69-16-17-70-51)75-55(87)41(67-7)21-35-12-10-9-11-13-35)64(96)81-28-38(82)24-49(81)62(94)77-43(22-36-14-15-50(83)39(65)20-36)57(89)76-46(26-52(84)85)59(91)73-42(19-33(4)5)56(88)78-47/h9-17,20,27,31-34,38,40-49,53,67,82-83H,8,18-19,21-26,28-30H2,1-7H3,(H2,66,86)(H,68,71)(H,69,70)(H,72,95)(H,73,91)(H,74,93)(H,75,87)(H,76,89)(H,77,94)(H,78,88)(H,79,90)(H,80,92)(H,84,85)/t34?,38?,40-,41-,42-,43-,44-,45-,46-,47?,48-,49-,53-/m0/s1. The van der Waals surface area contributed by atoms with Crippen LogP contribution < -0.4 is 58.9 Å². The Morgan fingerprint density at radius 1 is 0.735 bits per heavy atom. The predicted molar refractivity (Wildman–Crippen MR) is 370 cm³/mol.